The van der Waals surface area contributed by atoms with E-state index in [2.05, 4.69) is 12.2 Å². The number of aryl methyl sites for hydroxylation is 1. The third-order valence-electron chi connectivity index (χ3n) is 3.08. The SMILES string of the molecule is CCc1ccc(CNc2ccc([N+](=O)[O-])cc2F)cc1. The lowest BCUT2D eigenvalue weighted by molar-refractivity contribution is -0.385. The largest absolute Gasteiger partial charge is 0.379 e. The number of hydrogen-bond acceptors (Lipinski definition) is 3. The highest BCUT2D eigenvalue weighted by atomic mass is 19.1. The molecule has 0 amide bonds. The molecule has 0 saturated carbocycles. The molecule has 0 radical (unpaired) electrons. The lowest BCUT2D eigenvalue weighted by Gasteiger charge is -2.08. The van der Waals surface area contributed by atoms with Gasteiger partial charge in [-0.25, -0.2) is 4.39 Å². The van der Waals surface area contributed by atoms with Crippen LogP contribution in [0.25, 0.3) is 0 Å². The van der Waals surface area contributed by atoms with E-state index in [0.29, 0.717) is 6.54 Å². The van der Waals surface area contributed by atoms with Crippen LogP contribution in [0, 0.1) is 15.9 Å². The zero-order valence-corrected chi connectivity index (χ0v) is 11.1. The van der Waals surface area contributed by atoms with Crippen molar-refractivity contribution in [2.75, 3.05) is 5.32 Å². The Hall–Kier alpha value is -2.43. The first-order valence-electron chi connectivity index (χ1n) is 6.35. The van der Waals surface area contributed by atoms with E-state index in [1.807, 2.05) is 24.3 Å². The monoisotopic (exact) mass is 274 g/mol. The number of benzene rings is 2. The molecular formula is C15H15FN2O2. The minimum atomic E-state index is -0.621. The smallest absolute Gasteiger partial charge is 0.272 e. The minimum absolute atomic E-state index is 0.250. The molecule has 0 unspecified atom stereocenters. The van der Waals surface area contributed by atoms with Gasteiger partial charge in [-0.3, -0.25) is 10.1 Å². The Morgan fingerprint density at radius 3 is 2.35 bits per heavy atom. The van der Waals surface area contributed by atoms with Crippen molar-refractivity contribution in [1.82, 2.24) is 0 Å². The molecule has 20 heavy (non-hydrogen) atoms. The molecule has 0 aliphatic carbocycles. The maximum Gasteiger partial charge on any atom is 0.272 e. The predicted octanol–water partition coefficient (Wildman–Crippen LogP) is 3.91. The van der Waals surface area contributed by atoms with Crippen molar-refractivity contribution in [3.8, 4) is 0 Å². The molecule has 2 aromatic carbocycles. The standard InChI is InChI=1S/C15H15FN2O2/c1-2-11-3-5-12(6-4-11)10-17-15-8-7-13(18(19)20)9-14(15)16/h3-9,17H,2,10H2,1H3. The van der Waals surface area contributed by atoms with Gasteiger partial charge in [0.2, 0.25) is 0 Å². The van der Waals surface area contributed by atoms with Crippen molar-refractivity contribution in [1.29, 1.82) is 0 Å². The molecular weight excluding hydrogens is 259 g/mol. The van der Waals surface area contributed by atoms with Gasteiger partial charge in [0.15, 0.2) is 5.82 Å². The summed E-state index contributed by atoms with van der Waals surface area (Å²) in [5.41, 5.74) is 2.28. The zero-order chi connectivity index (χ0) is 14.5. The summed E-state index contributed by atoms with van der Waals surface area (Å²) in [5, 5.41) is 13.5. The lowest BCUT2D eigenvalue weighted by Crippen LogP contribution is -2.02. The zero-order valence-electron chi connectivity index (χ0n) is 11.1. The number of anilines is 1. The highest BCUT2D eigenvalue weighted by molar-refractivity contribution is 5.50. The van der Waals surface area contributed by atoms with E-state index in [0.717, 1.165) is 18.1 Å². The molecule has 1 N–H and O–H groups in total. The molecule has 0 aliphatic rings. The van der Waals surface area contributed by atoms with Crippen LogP contribution in [0.1, 0.15) is 18.1 Å². The molecule has 104 valence electrons. The highest BCUT2D eigenvalue weighted by Gasteiger charge is 2.10. The summed E-state index contributed by atoms with van der Waals surface area (Å²) in [6.07, 6.45) is 0.977. The number of halogens is 1. The van der Waals surface area contributed by atoms with E-state index >= 15 is 0 Å². The molecule has 0 heterocycles. The molecule has 2 rings (SSSR count). The summed E-state index contributed by atoms with van der Waals surface area (Å²) in [7, 11) is 0. The van der Waals surface area contributed by atoms with Crippen LogP contribution < -0.4 is 5.32 Å². The van der Waals surface area contributed by atoms with Crippen LogP contribution >= 0.6 is 0 Å². The number of nitro groups is 1. The van der Waals surface area contributed by atoms with E-state index in [1.165, 1.54) is 17.7 Å². The molecule has 5 heteroatoms. The summed E-state index contributed by atoms with van der Waals surface area (Å²) < 4.78 is 13.7. The molecule has 4 nitrogen and oxygen atoms in total. The van der Waals surface area contributed by atoms with Crippen molar-refractivity contribution < 1.29 is 9.31 Å². The van der Waals surface area contributed by atoms with Crippen molar-refractivity contribution in [2.45, 2.75) is 19.9 Å². The van der Waals surface area contributed by atoms with Crippen LogP contribution in [0.4, 0.5) is 15.8 Å². The summed E-state index contributed by atoms with van der Waals surface area (Å²) >= 11 is 0. The van der Waals surface area contributed by atoms with E-state index in [1.54, 1.807) is 0 Å². The quantitative estimate of drug-likeness (QED) is 0.664. The first-order chi connectivity index (χ1) is 9.60. The summed E-state index contributed by atoms with van der Waals surface area (Å²) in [4.78, 5) is 9.91. The van der Waals surface area contributed by atoms with Gasteiger partial charge < -0.3 is 5.32 Å². The predicted molar refractivity (Wildman–Crippen MR) is 76.2 cm³/mol. The first-order valence-corrected chi connectivity index (χ1v) is 6.35. The third-order valence-corrected chi connectivity index (χ3v) is 3.08. The van der Waals surface area contributed by atoms with E-state index in [-0.39, 0.29) is 11.4 Å². The Balaban J connectivity index is 2.04. The van der Waals surface area contributed by atoms with E-state index in [9.17, 15) is 14.5 Å². The van der Waals surface area contributed by atoms with Gasteiger partial charge in [-0.2, -0.15) is 0 Å². The second kappa shape index (κ2) is 6.14. The molecule has 0 spiro atoms. The number of non-ortho nitro benzene ring substituents is 1. The average molecular weight is 274 g/mol. The highest BCUT2D eigenvalue weighted by Crippen LogP contribution is 2.21. The fourth-order valence-electron chi connectivity index (χ4n) is 1.85. The molecule has 0 fully saturated rings. The van der Waals surface area contributed by atoms with Gasteiger partial charge in [-0.1, -0.05) is 31.2 Å². The topological polar surface area (TPSA) is 55.2 Å². The van der Waals surface area contributed by atoms with E-state index < -0.39 is 10.7 Å². The first kappa shape index (κ1) is 14.0. The Morgan fingerprint density at radius 1 is 1.15 bits per heavy atom. The van der Waals surface area contributed by atoms with E-state index in [4.69, 9.17) is 0 Å². The van der Waals surface area contributed by atoms with Crippen LogP contribution in [-0.2, 0) is 13.0 Å². The molecule has 2 aromatic rings. The second-order valence-corrected chi connectivity index (χ2v) is 4.44. The van der Waals surface area contributed by atoms with Gasteiger partial charge in [0.1, 0.15) is 0 Å². The number of nitrogens with zero attached hydrogens (tertiary/aromatic N) is 1. The van der Waals surface area contributed by atoms with Crippen molar-refractivity contribution in [3.05, 3.63) is 69.5 Å². The Labute approximate surface area is 116 Å². The van der Waals surface area contributed by atoms with Gasteiger partial charge in [-0.05, 0) is 23.6 Å². The summed E-state index contributed by atoms with van der Waals surface area (Å²) in [5.74, 6) is -0.621. The number of rotatable bonds is 5. The van der Waals surface area contributed by atoms with Gasteiger partial charge in [0.05, 0.1) is 16.7 Å². The average Bonchev–Trinajstić information content (AvgIpc) is 2.46. The molecule has 0 aromatic heterocycles. The van der Waals surface area contributed by atoms with Crippen LogP contribution in [0.5, 0.6) is 0 Å². The fourth-order valence-corrected chi connectivity index (χ4v) is 1.85. The third kappa shape index (κ3) is 3.32. The molecule has 0 saturated heterocycles. The van der Waals surface area contributed by atoms with Crippen LogP contribution in [0.2, 0.25) is 0 Å². The Bertz CT molecular complexity index is 612. The summed E-state index contributed by atoms with van der Waals surface area (Å²) in [6, 6.07) is 11.6. The molecule has 0 aliphatic heterocycles. The van der Waals surface area contributed by atoms with Crippen molar-refractivity contribution in [2.24, 2.45) is 0 Å². The molecule has 0 bridgehead atoms. The Morgan fingerprint density at radius 2 is 1.80 bits per heavy atom. The van der Waals surface area contributed by atoms with Gasteiger partial charge in [-0.15, -0.1) is 0 Å². The number of nitro benzene ring substituents is 1. The van der Waals surface area contributed by atoms with Crippen LogP contribution in [0.15, 0.2) is 42.5 Å². The maximum atomic E-state index is 13.7. The molecule has 0 atom stereocenters. The van der Waals surface area contributed by atoms with Crippen LogP contribution in [-0.4, -0.2) is 4.92 Å². The lowest BCUT2D eigenvalue weighted by atomic mass is 10.1. The normalized spacial score (nSPS) is 10.3. The van der Waals surface area contributed by atoms with Crippen molar-refractivity contribution >= 4 is 11.4 Å². The second-order valence-electron chi connectivity index (χ2n) is 4.44. The Kier molecular flexibility index (Phi) is 4.30. The van der Waals surface area contributed by atoms with Crippen LogP contribution in [0.3, 0.4) is 0 Å². The fraction of sp³-hybridized carbons (Fsp3) is 0.200. The van der Waals surface area contributed by atoms with Gasteiger partial charge in [0, 0.05) is 12.6 Å². The maximum absolute atomic E-state index is 13.7. The van der Waals surface area contributed by atoms with Gasteiger partial charge >= 0.3 is 0 Å². The number of hydrogen-bond donors (Lipinski definition) is 1. The minimum Gasteiger partial charge on any atom is -0.379 e. The summed E-state index contributed by atoms with van der Waals surface area (Å²) in [6.45, 7) is 2.55. The van der Waals surface area contributed by atoms with Gasteiger partial charge in [0.25, 0.3) is 5.69 Å². The number of nitrogens with one attached hydrogen (secondary N) is 1. The van der Waals surface area contributed by atoms with Crippen molar-refractivity contribution in [3.63, 3.8) is 0 Å².